The fraction of sp³-hybridized carbons (Fsp3) is 0.667. The van der Waals surface area contributed by atoms with Crippen molar-refractivity contribution in [1.29, 1.82) is 0 Å². The van der Waals surface area contributed by atoms with Gasteiger partial charge in [-0.25, -0.2) is 13.1 Å². The van der Waals surface area contributed by atoms with Crippen LogP contribution in [0, 0.1) is 5.92 Å². The van der Waals surface area contributed by atoms with E-state index in [1.165, 1.54) is 17.8 Å². The lowest BCUT2D eigenvalue weighted by molar-refractivity contribution is 0.485. The van der Waals surface area contributed by atoms with Crippen LogP contribution in [0.4, 0.5) is 0 Å². The molecule has 1 fully saturated rings. The molecule has 0 saturated heterocycles. The Morgan fingerprint density at radius 3 is 2.72 bits per heavy atom. The quantitative estimate of drug-likeness (QED) is 0.842. The summed E-state index contributed by atoms with van der Waals surface area (Å²) in [6.45, 7) is 2.24. The van der Waals surface area contributed by atoms with Crippen molar-refractivity contribution in [3.05, 3.63) is 15.9 Å². The number of hydrogen-bond donors (Lipinski definition) is 1. The summed E-state index contributed by atoms with van der Waals surface area (Å²) in [7, 11) is -3.33. The molecule has 2 unspecified atom stereocenters. The molecule has 1 aromatic heterocycles. The fourth-order valence-electron chi connectivity index (χ4n) is 2.32. The molecule has 2 atom stereocenters. The Bertz CT molecular complexity index is 498. The molecule has 6 heteroatoms. The van der Waals surface area contributed by atoms with Crippen LogP contribution in [0.3, 0.4) is 0 Å². The minimum atomic E-state index is -3.33. The summed E-state index contributed by atoms with van der Waals surface area (Å²) in [5.41, 5.74) is 0. The Labute approximate surface area is 121 Å². The van der Waals surface area contributed by atoms with Crippen LogP contribution in [0.15, 0.2) is 20.1 Å². The minimum Gasteiger partial charge on any atom is -0.207 e. The molecule has 0 aromatic carbocycles. The molecular formula is C12H18BrNO2S2. The van der Waals surface area contributed by atoms with Gasteiger partial charge in [-0.2, -0.15) is 0 Å². The van der Waals surface area contributed by atoms with Crippen molar-refractivity contribution >= 4 is 37.3 Å². The third kappa shape index (κ3) is 3.79. The van der Waals surface area contributed by atoms with Crippen molar-refractivity contribution in [1.82, 2.24) is 4.72 Å². The summed E-state index contributed by atoms with van der Waals surface area (Å²) in [4.78, 5) is 0. The number of halogens is 1. The second kappa shape index (κ2) is 6.03. The van der Waals surface area contributed by atoms with Crippen LogP contribution in [0.25, 0.3) is 0 Å². The van der Waals surface area contributed by atoms with Crippen molar-refractivity contribution in [3.63, 3.8) is 0 Å². The van der Waals surface area contributed by atoms with Crippen molar-refractivity contribution in [3.8, 4) is 0 Å². The van der Waals surface area contributed by atoms with Gasteiger partial charge in [0.1, 0.15) is 4.21 Å². The zero-order chi connectivity index (χ0) is 13.2. The molecule has 2 rings (SSSR count). The highest BCUT2D eigenvalue weighted by atomic mass is 79.9. The molecule has 1 aliphatic carbocycles. The molecule has 102 valence electrons. The van der Waals surface area contributed by atoms with Crippen LogP contribution in [0.5, 0.6) is 0 Å². The van der Waals surface area contributed by atoms with E-state index in [0.717, 1.165) is 35.4 Å². The van der Waals surface area contributed by atoms with E-state index in [-0.39, 0.29) is 6.04 Å². The van der Waals surface area contributed by atoms with Gasteiger partial charge in [-0.3, -0.25) is 0 Å². The molecule has 0 spiro atoms. The van der Waals surface area contributed by atoms with E-state index in [2.05, 4.69) is 27.6 Å². The summed E-state index contributed by atoms with van der Waals surface area (Å²) in [5.74, 6) is 0.718. The van der Waals surface area contributed by atoms with Crippen LogP contribution < -0.4 is 4.72 Å². The van der Waals surface area contributed by atoms with E-state index >= 15 is 0 Å². The Balaban J connectivity index is 2.04. The molecule has 0 amide bonds. The van der Waals surface area contributed by atoms with Crippen molar-refractivity contribution in [2.45, 2.75) is 49.3 Å². The van der Waals surface area contributed by atoms with Crippen LogP contribution >= 0.6 is 27.3 Å². The van der Waals surface area contributed by atoms with Gasteiger partial charge in [-0.15, -0.1) is 11.3 Å². The molecule has 3 nitrogen and oxygen atoms in total. The van der Waals surface area contributed by atoms with E-state index in [9.17, 15) is 8.42 Å². The van der Waals surface area contributed by atoms with Gasteiger partial charge < -0.3 is 0 Å². The summed E-state index contributed by atoms with van der Waals surface area (Å²) in [6.07, 6.45) is 5.34. The maximum Gasteiger partial charge on any atom is 0.250 e. The number of nitrogens with one attached hydrogen (secondary N) is 1. The number of hydrogen-bond acceptors (Lipinski definition) is 3. The zero-order valence-electron chi connectivity index (χ0n) is 10.4. The summed E-state index contributed by atoms with van der Waals surface area (Å²) in [5, 5.41) is 0. The van der Waals surface area contributed by atoms with Gasteiger partial charge in [0.2, 0.25) is 10.0 Å². The van der Waals surface area contributed by atoms with Crippen molar-refractivity contribution < 1.29 is 8.42 Å². The molecule has 1 saturated carbocycles. The highest BCUT2D eigenvalue weighted by Crippen LogP contribution is 2.28. The van der Waals surface area contributed by atoms with Crippen LogP contribution in [-0.4, -0.2) is 14.5 Å². The highest BCUT2D eigenvalue weighted by molar-refractivity contribution is 9.11. The minimum absolute atomic E-state index is 0.0980. The third-order valence-corrected chi connectivity index (χ3v) is 7.03. The Hall–Kier alpha value is 0.0900. The lowest BCUT2D eigenvalue weighted by atomic mass is 10.0. The van der Waals surface area contributed by atoms with Gasteiger partial charge in [-0.05, 0) is 53.2 Å². The Kier molecular flexibility index (Phi) is 4.86. The molecule has 18 heavy (non-hydrogen) atoms. The molecule has 1 heterocycles. The van der Waals surface area contributed by atoms with E-state index in [0.29, 0.717) is 4.21 Å². The normalized spacial score (nSPS) is 25.9. The smallest absolute Gasteiger partial charge is 0.207 e. The average molecular weight is 352 g/mol. The third-order valence-electron chi connectivity index (χ3n) is 3.39. The second-order valence-electron chi connectivity index (χ2n) is 4.99. The summed E-state index contributed by atoms with van der Waals surface area (Å²) < 4.78 is 28.5. The van der Waals surface area contributed by atoms with Crippen molar-refractivity contribution in [2.75, 3.05) is 0 Å². The highest BCUT2D eigenvalue weighted by Gasteiger charge is 2.23. The zero-order valence-corrected chi connectivity index (χ0v) is 13.6. The number of thiophene rings is 1. The first kappa shape index (κ1) is 14.5. The van der Waals surface area contributed by atoms with Gasteiger partial charge in [0.25, 0.3) is 0 Å². The SMILES string of the molecule is CC1CCCC(NS(=O)(=O)c2ccc(Br)s2)CC1. The average Bonchev–Trinajstić information content (AvgIpc) is 2.63. The maximum absolute atomic E-state index is 12.2. The van der Waals surface area contributed by atoms with Crippen LogP contribution in [-0.2, 0) is 10.0 Å². The van der Waals surface area contributed by atoms with E-state index in [1.54, 1.807) is 12.1 Å². The largest absolute Gasteiger partial charge is 0.250 e. The molecule has 1 aromatic rings. The fourth-order valence-corrected chi connectivity index (χ4v) is 5.66. The van der Waals surface area contributed by atoms with E-state index in [4.69, 9.17) is 0 Å². The lowest BCUT2D eigenvalue weighted by Crippen LogP contribution is -2.34. The Morgan fingerprint density at radius 2 is 2.06 bits per heavy atom. The van der Waals surface area contributed by atoms with Gasteiger partial charge in [0, 0.05) is 6.04 Å². The van der Waals surface area contributed by atoms with Gasteiger partial charge in [0.05, 0.1) is 3.79 Å². The first-order chi connectivity index (χ1) is 8.47. The first-order valence-electron chi connectivity index (χ1n) is 6.25. The molecular weight excluding hydrogens is 334 g/mol. The molecule has 1 aliphatic rings. The molecule has 0 bridgehead atoms. The summed E-state index contributed by atoms with van der Waals surface area (Å²) in [6, 6.07) is 3.52. The van der Waals surface area contributed by atoms with Crippen LogP contribution in [0.2, 0.25) is 0 Å². The molecule has 0 aliphatic heterocycles. The number of rotatable bonds is 3. The van der Waals surface area contributed by atoms with Gasteiger partial charge in [-0.1, -0.05) is 19.8 Å². The monoisotopic (exact) mass is 351 g/mol. The van der Waals surface area contributed by atoms with E-state index < -0.39 is 10.0 Å². The van der Waals surface area contributed by atoms with E-state index in [1.807, 2.05) is 0 Å². The lowest BCUT2D eigenvalue weighted by Gasteiger charge is -2.15. The summed E-state index contributed by atoms with van der Waals surface area (Å²) >= 11 is 4.55. The Morgan fingerprint density at radius 1 is 1.28 bits per heavy atom. The first-order valence-corrected chi connectivity index (χ1v) is 9.34. The van der Waals surface area contributed by atoms with Gasteiger partial charge >= 0.3 is 0 Å². The van der Waals surface area contributed by atoms with Crippen molar-refractivity contribution in [2.24, 2.45) is 5.92 Å². The predicted octanol–water partition coefficient (Wildman–Crippen LogP) is 3.76. The number of sulfonamides is 1. The molecule has 1 N–H and O–H groups in total. The maximum atomic E-state index is 12.2. The second-order valence-corrected chi connectivity index (χ2v) is 9.39. The van der Waals surface area contributed by atoms with Gasteiger partial charge in [0.15, 0.2) is 0 Å². The topological polar surface area (TPSA) is 46.2 Å². The molecule has 0 radical (unpaired) electrons. The standard InChI is InChI=1S/C12H18BrNO2S2/c1-9-3-2-4-10(6-5-9)14-18(15,16)12-8-7-11(13)17-12/h7-10,14H,2-6H2,1H3. The van der Waals surface area contributed by atoms with Crippen LogP contribution in [0.1, 0.15) is 39.0 Å². The predicted molar refractivity (Wildman–Crippen MR) is 78.4 cm³/mol.